The van der Waals surface area contributed by atoms with Gasteiger partial charge < -0.3 is 5.32 Å². The fourth-order valence-electron chi connectivity index (χ4n) is 1.70. The number of carbonyl (C=O) groups is 1. The van der Waals surface area contributed by atoms with Crippen LogP contribution in [-0.2, 0) is 4.79 Å². The third-order valence-corrected chi connectivity index (χ3v) is 3.73. The van der Waals surface area contributed by atoms with Gasteiger partial charge in [0.25, 0.3) is 0 Å². The van der Waals surface area contributed by atoms with Crippen LogP contribution in [0.15, 0.2) is 48.5 Å². The number of thiocarbonyl (C=S) groups is 1. The average Bonchev–Trinajstić information content (AvgIpc) is 2.50. The van der Waals surface area contributed by atoms with Crippen molar-refractivity contribution in [2.75, 3.05) is 5.32 Å². The molecule has 2 aromatic rings. The maximum atomic E-state index is 11.8. The molecule has 0 aliphatic heterocycles. The Hall–Kier alpha value is -1.59. The van der Waals surface area contributed by atoms with Crippen LogP contribution in [0.1, 0.15) is 5.56 Å². The van der Waals surface area contributed by atoms with Crippen molar-refractivity contribution in [1.82, 2.24) is 5.32 Å². The molecule has 0 bridgehead atoms. The molecule has 0 heterocycles. The number of nitrogens with one attached hydrogen (secondary N) is 2. The molecule has 0 radical (unpaired) electrons. The van der Waals surface area contributed by atoms with E-state index in [1.165, 1.54) is 18.2 Å². The molecule has 2 N–H and O–H groups in total. The lowest BCUT2D eigenvalue weighted by Gasteiger charge is -2.11. The number of halogens is 3. The monoisotopic (exact) mass is 384 g/mol. The molecule has 2 rings (SSSR count). The minimum Gasteiger partial charge on any atom is -0.330 e. The van der Waals surface area contributed by atoms with Crippen molar-refractivity contribution in [3.05, 3.63) is 69.2 Å². The quantitative estimate of drug-likeness (QED) is 0.565. The minimum atomic E-state index is -0.368. The van der Waals surface area contributed by atoms with Crippen molar-refractivity contribution in [2.24, 2.45) is 0 Å². The second kappa shape index (κ2) is 8.31. The van der Waals surface area contributed by atoms with Gasteiger partial charge in [0, 0.05) is 11.1 Å². The summed E-state index contributed by atoms with van der Waals surface area (Å²) in [6.07, 6.45) is 3.06. The van der Waals surface area contributed by atoms with Gasteiger partial charge in [-0.05, 0) is 36.0 Å². The van der Waals surface area contributed by atoms with Crippen molar-refractivity contribution in [3.63, 3.8) is 0 Å². The maximum Gasteiger partial charge on any atom is 0.250 e. The zero-order chi connectivity index (χ0) is 16.8. The number of carbonyl (C=O) groups excluding carboxylic acids is 1. The van der Waals surface area contributed by atoms with E-state index in [-0.39, 0.29) is 11.0 Å². The summed E-state index contributed by atoms with van der Waals surface area (Å²) >= 11 is 23.0. The summed E-state index contributed by atoms with van der Waals surface area (Å²) in [7, 11) is 0. The number of anilines is 1. The van der Waals surface area contributed by atoms with Crippen molar-refractivity contribution in [3.8, 4) is 0 Å². The number of amides is 1. The number of hydrogen-bond acceptors (Lipinski definition) is 2. The molecule has 7 heteroatoms. The van der Waals surface area contributed by atoms with Crippen LogP contribution in [0.3, 0.4) is 0 Å². The van der Waals surface area contributed by atoms with E-state index in [1.807, 2.05) is 30.3 Å². The Labute approximate surface area is 154 Å². The van der Waals surface area contributed by atoms with Crippen LogP contribution in [0.25, 0.3) is 6.08 Å². The van der Waals surface area contributed by atoms with Crippen molar-refractivity contribution in [1.29, 1.82) is 0 Å². The average molecular weight is 386 g/mol. The van der Waals surface area contributed by atoms with Crippen molar-refractivity contribution >= 4 is 69.8 Å². The highest BCUT2D eigenvalue weighted by atomic mass is 35.5. The Balaban J connectivity index is 1.97. The first-order valence-corrected chi connectivity index (χ1v) is 7.99. The van der Waals surface area contributed by atoms with Gasteiger partial charge in [-0.3, -0.25) is 10.1 Å². The molecule has 3 nitrogen and oxygen atoms in total. The van der Waals surface area contributed by atoms with Crippen LogP contribution in [0.5, 0.6) is 0 Å². The van der Waals surface area contributed by atoms with E-state index in [2.05, 4.69) is 10.6 Å². The first kappa shape index (κ1) is 17.8. The van der Waals surface area contributed by atoms with Crippen LogP contribution in [0.2, 0.25) is 15.1 Å². The summed E-state index contributed by atoms with van der Waals surface area (Å²) in [4.78, 5) is 11.8. The summed E-state index contributed by atoms with van der Waals surface area (Å²) in [5.74, 6) is -0.368. The van der Waals surface area contributed by atoms with Gasteiger partial charge >= 0.3 is 0 Å². The molecule has 118 valence electrons. The predicted octanol–water partition coefficient (Wildman–Crippen LogP) is 5.17. The van der Waals surface area contributed by atoms with Crippen molar-refractivity contribution in [2.45, 2.75) is 0 Å². The van der Waals surface area contributed by atoms with E-state index in [0.29, 0.717) is 20.8 Å². The van der Waals surface area contributed by atoms with E-state index in [4.69, 9.17) is 47.0 Å². The molecule has 2 aromatic carbocycles. The van der Waals surface area contributed by atoms with Crippen LogP contribution >= 0.6 is 47.0 Å². The van der Waals surface area contributed by atoms with Crippen LogP contribution in [0.4, 0.5) is 5.69 Å². The molecule has 0 spiro atoms. The molecule has 0 aliphatic rings. The van der Waals surface area contributed by atoms with Gasteiger partial charge in [-0.2, -0.15) is 0 Å². The first-order chi connectivity index (χ1) is 11.0. The Kier molecular flexibility index (Phi) is 6.42. The lowest BCUT2D eigenvalue weighted by Crippen LogP contribution is -2.33. The summed E-state index contributed by atoms with van der Waals surface area (Å²) < 4.78 is 0. The molecule has 0 atom stereocenters. The van der Waals surface area contributed by atoms with Gasteiger partial charge in [0.1, 0.15) is 0 Å². The first-order valence-electron chi connectivity index (χ1n) is 6.45. The third kappa shape index (κ3) is 5.52. The second-order valence-corrected chi connectivity index (χ2v) is 6.09. The maximum absolute atomic E-state index is 11.8. The highest BCUT2D eigenvalue weighted by Crippen LogP contribution is 2.33. The second-order valence-electron chi connectivity index (χ2n) is 4.43. The van der Waals surface area contributed by atoms with E-state index >= 15 is 0 Å². The van der Waals surface area contributed by atoms with Gasteiger partial charge in [-0.25, -0.2) is 0 Å². The van der Waals surface area contributed by atoms with Crippen LogP contribution < -0.4 is 10.6 Å². The number of benzene rings is 2. The smallest absolute Gasteiger partial charge is 0.250 e. The number of rotatable bonds is 3. The molecule has 0 aromatic heterocycles. The molecule has 23 heavy (non-hydrogen) atoms. The van der Waals surface area contributed by atoms with Gasteiger partial charge in [0.2, 0.25) is 5.91 Å². The Morgan fingerprint density at radius 1 is 1.04 bits per heavy atom. The lowest BCUT2D eigenvalue weighted by atomic mass is 10.2. The molecule has 1 amide bonds. The number of hydrogen-bond donors (Lipinski definition) is 2. The zero-order valence-corrected chi connectivity index (χ0v) is 14.7. The molecular weight excluding hydrogens is 375 g/mol. The fourth-order valence-corrected chi connectivity index (χ4v) is 2.81. The van der Waals surface area contributed by atoms with E-state index < -0.39 is 0 Å². The largest absolute Gasteiger partial charge is 0.330 e. The van der Waals surface area contributed by atoms with E-state index in [0.717, 1.165) is 5.56 Å². The molecule has 0 saturated carbocycles. The summed E-state index contributed by atoms with van der Waals surface area (Å²) in [5.41, 5.74) is 1.29. The zero-order valence-electron chi connectivity index (χ0n) is 11.6. The van der Waals surface area contributed by atoms with Gasteiger partial charge in [-0.15, -0.1) is 0 Å². The normalized spacial score (nSPS) is 10.6. The molecule has 0 unspecified atom stereocenters. The minimum absolute atomic E-state index is 0.0823. The fraction of sp³-hybridized carbons (Fsp3) is 0. The van der Waals surface area contributed by atoms with Crippen LogP contribution in [-0.4, -0.2) is 11.0 Å². The summed E-state index contributed by atoms with van der Waals surface area (Å²) in [5, 5.41) is 6.39. The molecule has 0 fully saturated rings. The van der Waals surface area contributed by atoms with E-state index in [9.17, 15) is 4.79 Å². The third-order valence-electron chi connectivity index (χ3n) is 2.71. The topological polar surface area (TPSA) is 41.1 Å². The Morgan fingerprint density at radius 2 is 1.65 bits per heavy atom. The van der Waals surface area contributed by atoms with E-state index in [1.54, 1.807) is 6.08 Å². The Bertz CT molecular complexity index is 740. The molecular formula is C16H11Cl3N2OS. The molecule has 0 saturated heterocycles. The summed E-state index contributed by atoms with van der Waals surface area (Å²) in [6, 6.07) is 12.5. The molecule has 0 aliphatic carbocycles. The van der Waals surface area contributed by atoms with Crippen molar-refractivity contribution < 1.29 is 4.79 Å². The highest BCUT2D eigenvalue weighted by molar-refractivity contribution is 7.80. The predicted molar refractivity (Wildman–Crippen MR) is 101 cm³/mol. The highest BCUT2D eigenvalue weighted by Gasteiger charge is 2.10. The van der Waals surface area contributed by atoms with Crippen LogP contribution in [0, 0.1) is 0 Å². The van der Waals surface area contributed by atoms with Gasteiger partial charge in [-0.1, -0.05) is 65.1 Å². The standard InChI is InChI=1S/C16H11Cl3N2OS/c17-11-8-12(18)15(13(19)9-11)21-16(23)20-14(22)7-6-10-4-2-1-3-5-10/h1-9H,(H2,20,21,22,23). The van der Waals surface area contributed by atoms with Gasteiger partial charge in [0.15, 0.2) is 5.11 Å². The van der Waals surface area contributed by atoms with Gasteiger partial charge in [0.05, 0.1) is 15.7 Å². The lowest BCUT2D eigenvalue weighted by molar-refractivity contribution is -0.115. The SMILES string of the molecule is O=C(C=Cc1ccccc1)NC(=S)Nc1c(Cl)cc(Cl)cc1Cl. The summed E-state index contributed by atoms with van der Waals surface area (Å²) in [6.45, 7) is 0. The Morgan fingerprint density at radius 3 is 2.26 bits per heavy atom.